The molecule has 1 fully saturated rings. The van der Waals surface area contributed by atoms with Gasteiger partial charge in [-0.15, -0.1) is 24.8 Å². The van der Waals surface area contributed by atoms with Crippen molar-refractivity contribution in [2.75, 3.05) is 13.1 Å². The molecule has 2 aromatic rings. The number of nitrogens with zero attached hydrogens (tertiary/aromatic N) is 2. The first-order valence-electron chi connectivity index (χ1n) is 5.95. The second-order valence-corrected chi connectivity index (χ2v) is 4.80. The van der Waals surface area contributed by atoms with Crippen LogP contribution < -0.4 is 5.32 Å². The lowest BCUT2D eigenvalue weighted by molar-refractivity contribution is 0.339. The zero-order valence-electron chi connectivity index (χ0n) is 10.6. The normalized spacial score (nSPS) is 15.1. The molecule has 0 unspecified atom stereocenters. The number of imidazole rings is 1. The van der Waals surface area contributed by atoms with E-state index in [1.807, 2.05) is 0 Å². The van der Waals surface area contributed by atoms with E-state index in [9.17, 15) is 0 Å². The first-order chi connectivity index (χ1) is 7.77. The van der Waals surface area contributed by atoms with Crippen LogP contribution in [0.3, 0.4) is 0 Å². The molecule has 0 atom stereocenters. The van der Waals surface area contributed by atoms with E-state index in [2.05, 4.69) is 48.0 Å². The Morgan fingerprint density at radius 3 is 2.44 bits per heavy atom. The average molecular weight is 288 g/mol. The molecule has 3 nitrogen and oxygen atoms in total. The molecule has 1 aliphatic rings. The van der Waals surface area contributed by atoms with E-state index in [1.54, 1.807) is 0 Å². The van der Waals surface area contributed by atoms with Crippen LogP contribution in [0, 0.1) is 0 Å². The average Bonchev–Trinajstić information content (AvgIpc) is 2.56. The monoisotopic (exact) mass is 287 g/mol. The third-order valence-corrected chi connectivity index (χ3v) is 3.26. The summed E-state index contributed by atoms with van der Waals surface area (Å²) in [6, 6.07) is 9.01. The van der Waals surface area contributed by atoms with Crippen LogP contribution in [0.5, 0.6) is 0 Å². The van der Waals surface area contributed by atoms with Crippen LogP contribution in [-0.4, -0.2) is 22.6 Å². The zero-order chi connectivity index (χ0) is 11.1. The minimum absolute atomic E-state index is 0. The third kappa shape index (κ3) is 2.35. The fraction of sp³-hybridized carbons (Fsp3) is 0.462. The predicted molar refractivity (Wildman–Crippen MR) is 80.2 cm³/mol. The lowest BCUT2D eigenvalue weighted by Gasteiger charge is -2.31. The number of nitrogens with one attached hydrogen (secondary N) is 1. The molecule has 5 heteroatoms. The van der Waals surface area contributed by atoms with Crippen molar-refractivity contribution in [3.05, 3.63) is 30.1 Å². The lowest BCUT2D eigenvalue weighted by atomic mass is 10.1. The lowest BCUT2D eigenvalue weighted by Crippen LogP contribution is -2.44. The molecule has 0 saturated carbocycles. The molecule has 18 heavy (non-hydrogen) atoms. The fourth-order valence-electron chi connectivity index (χ4n) is 2.31. The Kier molecular flexibility index (Phi) is 5.02. The van der Waals surface area contributed by atoms with Crippen molar-refractivity contribution in [2.45, 2.75) is 25.8 Å². The summed E-state index contributed by atoms with van der Waals surface area (Å²) in [4.78, 5) is 4.75. The van der Waals surface area contributed by atoms with Crippen molar-refractivity contribution in [2.24, 2.45) is 0 Å². The maximum atomic E-state index is 4.75. The van der Waals surface area contributed by atoms with Gasteiger partial charge in [0.1, 0.15) is 5.82 Å². The minimum Gasteiger partial charge on any atom is -0.322 e. The van der Waals surface area contributed by atoms with Crippen molar-refractivity contribution in [1.82, 2.24) is 14.9 Å². The number of hydrogen-bond acceptors (Lipinski definition) is 2. The molecule has 0 bridgehead atoms. The second kappa shape index (κ2) is 5.91. The second-order valence-electron chi connectivity index (χ2n) is 4.80. The maximum absolute atomic E-state index is 4.75. The molecular formula is C13H19Cl2N3. The van der Waals surface area contributed by atoms with Crippen LogP contribution in [-0.2, 0) is 0 Å². The SMILES string of the molecule is CC(C)c1nc2ccccc2n1C1CNC1.Cl.Cl. The first kappa shape index (κ1) is 15.3. The number of benzene rings is 1. The van der Waals surface area contributed by atoms with Gasteiger partial charge in [-0.3, -0.25) is 0 Å². The number of fused-ring (bicyclic) bond motifs is 1. The minimum atomic E-state index is 0. The van der Waals surface area contributed by atoms with E-state index in [0.717, 1.165) is 18.6 Å². The largest absolute Gasteiger partial charge is 0.322 e. The molecule has 1 aromatic carbocycles. The third-order valence-electron chi connectivity index (χ3n) is 3.26. The van der Waals surface area contributed by atoms with Gasteiger partial charge in [0.15, 0.2) is 0 Å². The molecular weight excluding hydrogens is 269 g/mol. The zero-order valence-corrected chi connectivity index (χ0v) is 12.2. The Balaban J connectivity index is 0.000000810. The summed E-state index contributed by atoms with van der Waals surface area (Å²) in [5.41, 5.74) is 2.40. The van der Waals surface area contributed by atoms with Gasteiger partial charge in [0.2, 0.25) is 0 Å². The summed E-state index contributed by atoms with van der Waals surface area (Å²) in [5.74, 6) is 1.70. The van der Waals surface area contributed by atoms with Crippen LogP contribution in [0.25, 0.3) is 11.0 Å². The van der Waals surface area contributed by atoms with Crippen molar-refractivity contribution < 1.29 is 0 Å². The van der Waals surface area contributed by atoms with E-state index in [4.69, 9.17) is 4.98 Å². The molecule has 1 N–H and O–H groups in total. The van der Waals surface area contributed by atoms with Gasteiger partial charge in [-0.2, -0.15) is 0 Å². The van der Waals surface area contributed by atoms with Gasteiger partial charge < -0.3 is 9.88 Å². The number of rotatable bonds is 2. The summed E-state index contributed by atoms with van der Waals surface area (Å²) in [6.45, 7) is 6.56. The molecule has 0 aliphatic carbocycles. The van der Waals surface area contributed by atoms with Crippen LogP contribution in [0.15, 0.2) is 24.3 Å². The highest BCUT2D eigenvalue weighted by Gasteiger charge is 2.24. The summed E-state index contributed by atoms with van der Waals surface area (Å²) < 4.78 is 2.41. The van der Waals surface area contributed by atoms with Crippen LogP contribution in [0.2, 0.25) is 0 Å². The van der Waals surface area contributed by atoms with E-state index >= 15 is 0 Å². The Bertz CT molecular complexity index is 518. The van der Waals surface area contributed by atoms with Gasteiger partial charge in [-0.05, 0) is 12.1 Å². The first-order valence-corrected chi connectivity index (χ1v) is 5.95. The standard InChI is InChI=1S/C13H17N3.2ClH/c1-9(2)13-15-11-5-3-4-6-12(11)16(13)10-7-14-8-10;;/h3-6,9-10,14H,7-8H2,1-2H3;2*1H. The van der Waals surface area contributed by atoms with E-state index in [0.29, 0.717) is 12.0 Å². The van der Waals surface area contributed by atoms with Crippen LogP contribution in [0.1, 0.15) is 31.6 Å². The van der Waals surface area contributed by atoms with Gasteiger partial charge in [0.25, 0.3) is 0 Å². The van der Waals surface area contributed by atoms with Crippen molar-refractivity contribution >= 4 is 35.8 Å². The van der Waals surface area contributed by atoms with Gasteiger partial charge in [-0.25, -0.2) is 4.98 Å². The van der Waals surface area contributed by atoms with Crippen molar-refractivity contribution in [3.8, 4) is 0 Å². The number of para-hydroxylation sites is 2. The number of aromatic nitrogens is 2. The Hall–Kier alpha value is -0.770. The Morgan fingerprint density at radius 2 is 1.89 bits per heavy atom. The van der Waals surface area contributed by atoms with Gasteiger partial charge >= 0.3 is 0 Å². The molecule has 0 radical (unpaired) electrons. The molecule has 1 aliphatic heterocycles. The number of halogens is 2. The molecule has 0 amide bonds. The highest BCUT2D eigenvalue weighted by atomic mass is 35.5. The molecule has 3 rings (SSSR count). The molecule has 1 saturated heterocycles. The van der Waals surface area contributed by atoms with Gasteiger partial charge in [0.05, 0.1) is 17.1 Å². The van der Waals surface area contributed by atoms with E-state index < -0.39 is 0 Å². The Labute approximate surface area is 120 Å². The molecule has 0 spiro atoms. The van der Waals surface area contributed by atoms with Gasteiger partial charge in [-0.1, -0.05) is 26.0 Å². The summed E-state index contributed by atoms with van der Waals surface area (Å²) in [5, 5.41) is 3.33. The predicted octanol–water partition coefficient (Wildman–Crippen LogP) is 3.15. The van der Waals surface area contributed by atoms with Crippen LogP contribution >= 0.6 is 24.8 Å². The molecule has 2 heterocycles. The van der Waals surface area contributed by atoms with E-state index in [1.165, 1.54) is 11.3 Å². The highest BCUT2D eigenvalue weighted by molar-refractivity contribution is 5.85. The van der Waals surface area contributed by atoms with Crippen LogP contribution in [0.4, 0.5) is 0 Å². The van der Waals surface area contributed by atoms with Crippen molar-refractivity contribution in [1.29, 1.82) is 0 Å². The smallest absolute Gasteiger partial charge is 0.112 e. The molecule has 100 valence electrons. The highest BCUT2D eigenvalue weighted by Crippen LogP contribution is 2.27. The fourth-order valence-corrected chi connectivity index (χ4v) is 2.31. The number of hydrogen-bond donors (Lipinski definition) is 1. The van der Waals surface area contributed by atoms with Gasteiger partial charge in [0, 0.05) is 19.0 Å². The Morgan fingerprint density at radius 1 is 1.22 bits per heavy atom. The summed E-state index contributed by atoms with van der Waals surface area (Å²) >= 11 is 0. The summed E-state index contributed by atoms with van der Waals surface area (Å²) in [7, 11) is 0. The summed E-state index contributed by atoms with van der Waals surface area (Å²) in [6.07, 6.45) is 0. The quantitative estimate of drug-likeness (QED) is 0.920. The molecule has 1 aromatic heterocycles. The van der Waals surface area contributed by atoms with Crippen molar-refractivity contribution in [3.63, 3.8) is 0 Å². The topological polar surface area (TPSA) is 29.9 Å². The van der Waals surface area contributed by atoms with E-state index in [-0.39, 0.29) is 24.8 Å². The maximum Gasteiger partial charge on any atom is 0.112 e.